The van der Waals surface area contributed by atoms with E-state index in [0.717, 1.165) is 12.1 Å². The van der Waals surface area contributed by atoms with Crippen molar-refractivity contribution in [2.24, 2.45) is 10.7 Å². The number of guanidine groups is 1. The molecule has 0 aromatic heterocycles. The summed E-state index contributed by atoms with van der Waals surface area (Å²) in [7, 11) is 0. The number of aliphatic hydroxyl groups excluding tert-OH is 1. The van der Waals surface area contributed by atoms with Gasteiger partial charge in [0.15, 0.2) is 5.96 Å². The molecule has 0 radical (unpaired) electrons. The number of hydrogen-bond donors (Lipinski definition) is 3. The maximum Gasteiger partial charge on any atom is 0.193 e. The van der Waals surface area contributed by atoms with Crippen molar-refractivity contribution >= 4 is 35.6 Å². The van der Waals surface area contributed by atoms with Crippen LogP contribution in [0.4, 0.5) is 10.1 Å². The summed E-state index contributed by atoms with van der Waals surface area (Å²) in [5.74, 6) is -0.272. The van der Waals surface area contributed by atoms with E-state index < -0.39 is 11.9 Å². The van der Waals surface area contributed by atoms with Gasteiger partial charge in [-0.25, -0.2) is 4.39 Å². The zero-order valence-corrected chi connectivity index (χ0v) is 15.2. The summed E-state index contributed by atoms with van der Waals surface area (Å²) in [6.45, 7) is 2.08. The lowest BCUT2D eigenvalue weighted by Crippen LogP contribution is -2.23. The van der Waals surface area contributed by atoms with Crippen molar-refractivity contribution in [2.45, 2.75) is 19.4 Å². The van der Waals surface area contributed by atoms with E-state index >= 15 is 0 Å². The van der Waals surface area contributed by atoms with Crippen LogP contribution < -0.4 is 11.1 Å². The molecule has 0 saturated carbocycles. The van der Waals surface area contributed by atoms with Gasteiger partial charge in [0.05, 0.1) is 6.54 Å². The first-order valence-corrected chi connectivity index (χ1v) is 7.18. The topological polar surface area (TPSA) is 70.6 Å². The van der Waals surface area contributed by atoms with Crippen molar-refractivity contribution in [2.75, 3.05) is 11.9 Å². The van der Waals surface area contributed by atoms with Gasteiger partial charge >= 0.3 is 0 Å². The largest absolute Gasteiger partial charge is 0.386 e. The van der Waals surface area contributed by atoms with Crippen LogP contribution in [0.1, 0.15) is 24.2 Å². The molecule has 4 N–H and O–H groups in total. The van der Waals surface area contributed by atoms with Crippen LogP contribution in [0.25, 0.3) is 0 Å². The van der Waals surface area contributed by atoms with Crippen LogP contribution in [-0.2, 0) is 6.42 Å². The normalized spacial score (nSPS) is 12.4. The number of halogens is 2. The molecule has 1 unspecified atom stereocenters. The molecular formula is C17H21FIN3O. The Labute approximate surface area is 152 Å². The van der Waals surface area contributed by atoms with Crippen LogP contribution in [0.2, 0.25) is 0 Å². The van der Waals surface area contributed by atoms with Crippen LogP contribution >= 0.6 is 24.0 Å². The van der Waals surface area contributed by atoms with E-state index in [0.29, 0.717) is 0 Å². The first kappa shape index (κ1) is 19.4. The lowest BCUT2D eigenvalue weighted by molar-refractivity contribution is 0.182. The second kappa shape index (κ2) is 9.46. The van der Waals surface area contributed by atoms with Gasteiger partial charge in [0.2, 0.25) is 0 Å². The molecule has 124 valence electrons. The molecule has 2 aromatic rings. The fourth-order valence-electron chi connectivity index (χ4n) is 2.04. The van der Waals surface area contributed by atoms with E-state index in [1.165, 1.54) is 17.7 Å². The van der Waals surface area contributed by atoms with E-state index in [1.54, 1.807) is 12.1 Å². The summed E-state index contributed by atoms with van der Waals surface area (Å²) in [6, 6.07) is 13.9. The van der Waals surface area contributed by atoms with Crippen molar-refractivity contribution in [3.05, 3.63) is 65.5 Å². The van der Waals surface area contributed by atoms with Crippen molar-refractivity contribution in [1.82, 2.24) is 0 Å². The van der Waals surface area contributed by atoms with Crippen LogP contribution in [0.3, 0.4) is 0 Å². The highest BCUT2D eigenvalue weighted by Gasteiger charge is 2.11. The van der Waals surface area contributed by atoms with Gasteiger partial charge in [-0.3, -0.25) is 4.99 Å². The van der Waals surface area contributed by atoms with Gasteiger partial charge in [-0.15, -0.1) is 24.0 Å². The first-order valence-electron chi connectivity index (χ1n) is 7.18. The predicted octanol–water partition coefficient (Wildman–Crippen LogP) is 3.47. The second-order valence-electron chi connectivity index (χ2n) is 4.94. The molecule has 0 spiro atoms. The highest BCUT2D eigenvalue weighted by Crippen LogP contribution is 2.16. The van der Waals surface area contributed by atoms with Crippen molar-refractivity contribution in [3.8, 4) is 0 Å². The Morgan fingerprint density at radius 2 is 1.87 bits per heavy atom. The Bertz CT molecular complexity index is 647. The van der Waals surface area contributed by atoms with Crippen LogP contribution in [-0.4, -0.2) is 17.6 Å². The molecule has 6 heteroatoms. The third kappa shape index (κ3) is 5.80. The van der Waals surface area contributed by atoms with Crippen molar-refractivity contribution < 1.29 is 9.50 Å². The van der Waals surface area contributed by atoms with Crippen LogP contribution in [0.5, 0.6) is 0 Å². The molecule has 0 amide bonds. The van der Waals surface area contributed by atoms with Crippen LogP contribution in [0, 0.1) is 5.82 Å². The van der Waals surface area contributed by atoms with E-state index in [1.807, 2.05) is 24.3 Å². The first-order chi connectivity index (χ1) is 10.6. The maximum absolute atomic E-state index is 13.5. The molecule has 0 bridgehead atoms. The van der Waals surface area contributed by atoms with Gasteiger partial charge in [0.25, 0.3) is 0 Å². The molecule has 23 heavy (non-hydrogen) atoms. The fraction of sp³-hybridized carbons (Fsp3) is 0.235. The molecule has 4 nitrogen and oxygen atoms in total. The number of nitrogens with two attached hydrogens (primary N) is 1. The minimum absolute atomic E-state index is 0. The number of aliphatic hydroxyl groups is 1. The molecular weight excluding hydrogens is 408 g/mol. The summed E-state index contributed by atoms with van der Waals surface area (Å²) in [4.78, 5) is 4.05. The van der Waals surface area contributed by atoms with Crippen LogP contribution in [0.15, 0.2) is 53.5 Å². The smallest absolute Gasteiger partial charge is 0.193 e. The Morgan fingerprint density at radius 3 is 2.48 bits per heavy atom. The van der Waals surface area contributed by atoms with Crippen molar-refractivity contribution in [1.29, 1.82) is 0 Å². The van der Waals surface area contributed by atoms with E-state index in [-0.39, 0.29) is 42.0 Å². The van der Waals surface area contributed by atoms with Gasteiger partial charge in [-0.05, 0) is 30.2 Å². The van der Waals surface area contributed by atoms with Gasteiger partial charge < -0.3 is 16.2 Å². The van der Waals surface area contributed by atoms with Gasteiger partial charge in [0, 0.05) is 11.3 Å². The monoisotopic (exact) mass is 429 g/mol. The number of rotatable bonds is 5. The molecule has 0 aliphatic heterocycles. The lowest BCUT2D eigenvalue weighted by Gasteiger charge is -2.11. The summed E-state index contributed by atoms with van der Waals surface area (Å²) in [5.41, 5.74) is 8.04. The summed E-state index contributed by atoms with van der Waals surface area (Å²) >= 11 is 0. The van der Waals surface area contributed by atoms with Gasteiger partial charge in [0.1, 0.15) is 11.9 Å². The Hall–Kier alpha value is -1.67. The predicted molar refractivity (Wildman–Crippen MR) is 103 cm³/mol. The minimum atomic E-state index is -1.02. The number of anilines is 1. The summed E-state index contributed by atoms with van der Waals surface area (Å²) in [5, 5.41) is 12.9. The molecule has 0 aliphatic carbocycles. The van der Waals surface area contributed by atoms with E-state index in [2.05, 4.69) is 17.2 Å². The van der Waals surface area contributed by atoms with Gasteiger partial charge in [-0.2, -0.15) is 0 Å². The molecule has 0 aliphatic rings. The highest BCUT2D eigenvalue weighted by atomic mass is 127. The fourth-order valence-corrected chi connectivity index (χ4v) is 2.04. The number of aryl methyl sites for hydroxylation is 1. The molecule has 2 rings (SSSR count). The maximum atomic E-state index is 13.5. The highest BCUT2D eigenvalue weighted by molar-refractivity contribution is 14.0. The SMILES string of the molecule is CCc1ccc(NC(N)=NCC(O)c2ccccc2F)cc1.I. The molecule has 0 heterocycles. The number of benzene rings is 2. The molecule has 1 atom stereocenters. The second-order valence-corrected chi connectivity index (χ2v) is 4.94. The van der Waals surface area contributed by atoms with E-state index in [4.69, 9.17) is 5.73 Å². The number of nitrogens with one attached hydrogen (secondary N) is 1. The number of aliphatic imine (C=N–C) groups is 1. The zero-order valence-electron chi connectivity index (χ0n) is 12.9. The average Bonchev–Trinajstić information content (AvgIpc) is 2.54. The lowest BCUT2D eigenvalue weighted by atomic mass is 10.1. The molecule has 0 fully saturated rings. The zero-order chi connectivity index (χ0) is 15.9. The minimum Gasteiger partial charge on any atom is -0.386 e. The quantitative estimate of drug-likeness (QED) is 0.387. The summed E-state index contributed by atoms with van der Waals surface area (Å²) in [6.07, 6.45) is -0.0531. The Kier molecular flexibility index (Phi) is 7.97. The molecule has 0 saturated heterocycles. The van der Waals surface area contributed by atoms with Crippen molar-refractivity contribution in [3.63, 3.8) is 0 Å². The van der Waals surface area contributed by atoms with Gasteiger partial charge in [-0.1, -0.05) is 37.3 Å². The average molecular weight is 429 g/mol. The Morgan fingerprint density at radius 1 is 1.22 bits per heavy atom. The molecule has 2 aromatic carbocycles. The third-order valence-electron chi connectivity index (χ3n) is 3.33. The number of nitrogens with zero attached hydrogens (tertiary/aromatic N) is 1. The standard InChI is InChI=1S/C17H20FN3O.HI/c1-2-12-7-9-13(10-8-12)21-17(19)20-11-16(22)14-5-3-4-6-15(14)18;/h3-10,16,22H,2,11H2,1H3,(H3,19,20,21);1H. The third-order valence-corrected chi connectivity index (χ3v) is 3.33. The summed E-state index contributed by atoms with van der Waals surface area (Å²) < 4.78 is 13.5. The van der Waals surface area contributed by atoms with E-state index in [9.17, 15) is 9.50 Å². The number of hydrogen-bond acceptors (Lipinski definition) is 2. The Balaban J connectivity index is 0.00000264.